The summed E-state index contributed by atoms with van der Waals surface area (Å²) < 4.78 is 13.8. The molecular weight excluding hydrogens is 116 g/mol. The molecule has 0 spiro atoms. The summed E-state index contributed by atoms with van der Waals surface area (Å²) in [6, 6.07) is 0. The molecule has 0 unspecified atom stereocenters. The quantitative estimate of drug-likeness (QED) is 0.493. The van der Waals surface area contributed by atoms with Crippen molar-refractivity contribution in [3.05, 3.63) is 0 Å². The second-order valence-electron chi connectivity index (χ2n) is 0.782. The molecule has 0 aliphatic heterocycles. The third-order valence-corrected chi connectivity index (χ3v) is 0.600. The van der Waals surface area contributed by atoms with Crippen molar-refractivity contribution in [3.8, 4) is 0 Å². The summed E-state index contributed by atoms with van der Waals surface area (Å²) in [4.78, 5) is 0. The summed E-state index contributed by atoms with van der Waals surface area (Å²) in [5.41, 5.74) is 0. The molecule has 0 aliphatic carbocycles. The van der Waals surface area contributed by atoms with Crippen LogP contribution in [-0.2, 0) is 16.0 Å². The second-order valence-corrected chi connectivity index (χ2v) is 1.30. The van der Waals surface area contributed by atoms with Gasteiger partial charge in [0.2, 0.25) is 0 Å². The molecular formula is C3H6O3S. The Hall–Kier alpha value is -0.190. The first-order valence-electron chi connectivity index (χ1n) is 1.79. The molecule has 0 amide bonds. The highest BCUT2D eigenvalue weighted by Gasteiger charge is 1.84. The van der Waals surface area contributed by atoms with Crippen LogP contribution in [-0.4, -0.2) is 21.2 Å². The Balaban J connectivity index is 3.37. The van der Waals surface area contributed by atoms with Gasteiger partial charge in [-0.25, -0.2) is 4.21 Å². The molecule has 3 nitrogen and oxygen atoms in total. The predicted molar refractivity (Wildman–Crippen MR) is 27.4 cm³/mol. The summed E-state index contributed by atoms with van der Waals surface area (Å²) in [6.45, 7) is 2.02. The van der Waals surface area contributed by atoms with Gasteiger partial charge >= 0.3 is 0 Å². The van der Waals surface area contributed by atoms with Crippen LogP contribution < -0.4 is 0 Å². The van der Waals surface area contributed by atoms with Crippen LogP contribution in [0.5, 0.6) is 0 Å². The number of hydrogen-bond donors (Lipinski definition) is 1. The molecule has 0 aromatic heterocycles. The molecule has 0 bridgehead atoms. The molecule has 0 aliphatic rings. The van der Waals surface area contributed by atoms with Gasteiger partial charge < -0.3 is 9.84 Å². The first-order chi connectivity index (χ1) is 3.31. The average molecular weight is 122 g/mol. The lowest BCUT2D eigenvalue weighted by atomic mass is 10.9. The van der Waals surface area contributed by atoms with E-state index < -0.39 is 5.24 Å². The summed E-state index contributed by atoms with van der Waals surface area (Å²) >= 11 is -0.0506. The minimum absolute atomic E-state index is 0.0506. The summed E-state index contributed by atoms with van der Waals surface area (Å²) in [6.07, 6.45) is 0. The van der Waals surface area contributed by atoms with E-state index in [-0.39, 0.29) is 11.3 Å². The Morgan fingerprint density at radius 2 is 2.57 bits per heavy atom. The Bertz CT molecular complexity index is 94.4. The fourth-order valence-corrected chi connectivity index (χ4v) is 0.313. The third kappa shape index (κ3) is 3.65. The van der Waals surface area contributed by atoms with Gasteiger partial charge in [0.05, 0.1) is 6.61 Å². The van der Waals surface area contributed by atoms with Crippen molar-refractivity contribution in [2.75, 3.05) is 6.61 Å². The second kappa shape index (κ2) is 3.98. The van der Waals surface area contributed by atoms with Crippen LogP contribution in [0, 0.1) is 0 Å². The van der Waals surface area contributed by atoms with E-state index in [2.05, 4.69) is 4.74 Å². The number of hydrogen-bond acceptors (Lipinski definition) is 2. The van der Waals surface area contributed by atoms with Gasteiger partial charge in [0.15, 0.2) is 0 Å². The molecule has 0 saturated heterocycles. The highest BCUT2D eigenvalue weighted by Crippen LogP contribution is 1.67. The van der Waals surface area contributed by atoms with Gasteiger partial charge in [-0.15, -0.1) is 0 Å². The molecule has 0 aromatic rings. The zero-order valence-corrected chi connectivity index (χ0v) is 4.70. The van der Waals surface area contributed by atoms with Crippen LogP contribution in [0.3, 0.4) is 0 Å². The lowest BCUT2D eigenvalue weighted by molar-refractivity contribution is 0.256. The molecule has 0 heterocycles. The molecule has 7 heavy (non-hydrogen) atoms. The zero-order valence-electron chi connectivity index (χ0n) is 3.88. The first kappa shape index (κ1) is 6.81. The Morgan fingerprint density at radius 1 is 2.00 bits per heavy atom. The molecule has 1 N–H and O–H groups in total. The lowest BCUT2D eigenvalue weighted by Gasteiger charge is -1.87. The lowest BCUT2D eigenvalue weighted by Crippen LogP contribution is -2.00. The Kier molecular flexibility index (Phi) is 3.87. The van der Waals surface area contributed by atoms with Crippen LogP contribution in [0.1, 0.15) is 6.92 Å². The largest absolute Gasteiger partial charge is 0.331 e. The topological polar surface area (TPSA) is 46.5 Å². The standard InChI is InChI=1S/C3H6O3S/c1-2-6-3(4)7-5/h4H,2H2,1H3. The summed E-state index contributed by atoms with van der Waals surface area (Å²) in [7, 11) is 0. The molecule has 0 atom stereocenters. The number of aliphatic hydroxyl groups is 1. The normalized spacial score (nSPS) is 8.29. The maximum atomic E-state index is 9.52. The molecule has 0 rings (SSSR count). The number of ether oxygens (including phenoxy) is 1. The van der Waals surface area contributed by atoms with Gasteiger partial charge in [0.25, 0.3) is 5.24 Å². The maximum Gasteiger partial charge on any atom is 0.279 e. The molecule has 0 saturated carbocycles. The van der Waals surface area contributed by atoms with Crippen LogP contribution >= 0.6 is 0 Å². The van der Waals surface area contributed by atoms with Crippen molar-refractivity contribution < 1.29 is 14.1 Å². The zero-order chi connectivity index (χ0) is 5.70. The third-order valence-electron chi connectivity index (χ3n) is 0.339. The minimum atomic E-state index is -0.512. The fraction of sp³-hybridized carbons (Fsp3) is 0.667. The van der Waals surface area contributed by atoms with Crippen molar-refractivity contribution in [2.24, 2.45) is 0 Å². The van der Waals surface area contributed by atoms with E-state index in [9.17, 15) is 4.21 Å². The van der Waals surface area contributed by atoms with Gasteiger partial charge in [-0.1, -0.05) is 0 Å². The fourth-order valence-electron chi connectivity index (χ4n) is 0.148. The van der Waals surface area contributed by atoms with Crippen molar-refractivity contribution >= 4 is 16.5 Å². The molecule has 42 valence electrons. The van der Waals surface area contributed by atoms with Crippen molar-refractivity contribution in [2.45, 2.75) is 6.92 Å². The average Bonchev–Trinajstić information content (AvgIpc) is 1.68. The SMILES string of the molecule is CCOC(O)=S=O. The monoisotopic (exact) mass is 122 g/mol. The van der Waals surface area contributed by atoms with Gasteiger partial charge in [0.1, 0.15) is 11.3 Å². The first-order valence-corrected chi connectivity index (χ1v) is 2.54. The van der Waals surface area contributed by atoms with Gasteiger partial charge in [-0.2, -0.15) is 0 Å². The van der Waals surface area contributed by atoms with E-state index in [0.717, 1.165) is 0 Å². The molecule has 4 heteroatoms. The number of aliphatic hydroxyl groups excluding tert-OH is 1. The van der Waals surface area contributed by atoms with Crippen molar-refractivity contribution in [1.82, 2.24) is 0 Å². The number of rotatable bonds is 1. The molecule has 0 radical (unpaired) electrons. The van der Waals surface area contributed by atoms with E-state index in [1.54, 1.807) is 6.92 Å². The molecule has 0 aromatic carbocycles. The van der Waals surface area contributed by atoms with Gasteiger partial charge in [0, 0.05) is 0 Å². The summed E-state index contributed by atoms with van der Waals surface area (Å²) in [5, 5.41) is 7.69. The smallest absolute Gasteiger partial charge is 0.279 e. The predicted octanol–water partition coefficient (Wildman–Crippen LogP) is -0.119. The van der Waals surface area contributed by atoms with Gasteiger partial charge in [-0.05, 0) is 6.92 Å². The van der Waals surface area contributed by atoms with E-state index in [0.29, 0.717) is 6.61 Å². The van der Waals surface area contributed by atoms with Crippen molar-refractivity contribution in [3.63, 3.8) is 0 Å². The van der Waals surface area contributed by atoms with E-state index >= 15 is 0 Å². The van der Waals surface area contributed by atoms with E-state index in [1.807, 2.05) is 0 Å². The maximum absolute atomic E-state index is 9.52. The Morgan fingerprint density at radius 3 is 2.71 bits per heavy atom. The van der Waals surface area contributed by atoms with E-state index in [4.69, 9.17) is 5.11 Å². The van der Waals surface area contributed by atoms with Crippen LogP contribution in [0.2, 0.25) is 0 Å². The van der Waals surface area contributed by atoms with Crippen LogP contribution in [0.15, 0.2) is 0 Å². The van der Waals surface area contributed by atoms with E-state index in [1.165, 1.54) is 0 Å². The van der Waals surface area contributed by atoms with Gasteiger partial charge in [-0.3, -0.25) is 0 Å². The van der Waals surface area contributed by atoms with Crippen molar-refractivity contribution in [1.29, 1.82) is 0 Å². The minimum Gasteiger partial charge on any atom is -0.331 e. The highest BCUT2D eigenvalue weighted by atomic mass is 32.1. The van der Waals surface area contributed by atoms with Crippen LogP contribution in [0.4, 0.5) is 0 Å². The molecule has 0 fully saturated rings. The Labute approximate surface area is 45.0 Å². The van der Waals surface area contributed by atoms with Crippen LogP contribution in [0.25, 0.3) is 0 Å². The highest BCUT2D eigenvalue weighted by molar-refractivity contribution is 7.65. The summed E-state index contributed by atoms with van der Waals surface area (Å²) in [5.74, 6) is 0.